The van der Waals surface area contributed by atoms with Crippen molar-refractivity contribution in [3.63, 3.8) is 0 Å². The lowest BCUT2D eigenvalue weighted by Gasteiger charge is -2.26. The number of anilines is 3. The second-order valence-electron chi connectivity index (χ2n) is 13.7. The number of benzene rings is 8. The van der Waals surface area contributed by atoms with Gasteiger partial charge in [0.15, 0.2) is 0 Å². The third-order valence-electron chi connectivity index (χ3n) is 10.5. The number of fused-ring (bicyclic) bond motifs is 7. The molecule has 0 aliphatic heterocycles. The molecule has 0 unspecified atom stereocenters. The number of hydrogen-bond acceptors (Lipinski definition) is 4. The van der Waals surface area contributed by atoms with E-state index in [2.05, 4.69) is 150 Å². The van der Waals surface area contributed by atoms with Gasteiger partial charge in [-0.25, -0.2) is 0 Å². The van der Waals surface area contributed by atoms with Gasteiger partial charge in [-0.05, 0) is 119 Å². The largest absolute Gasteiger partial charge is 0.456 e. The Hall–Kier alpha value is -7.30. The van der Waals surface area contributed by atoms with Crippen LogP contribution in [0.15, 0.2) is 201 Å². The predicted octanol–water partition coefficient (Wildman–Crippen LogP) is 14.7. The molecule has 0 atom stereocenters. The summed E-state index contributed by atoms with van der Waals surface area (Å²) in [5.41, 5.74) is 13.3. The molecule has 0 spiro atoms. The molecule has 0 radical (unpaired) electrons. The Labute approximate surface area is 310 Å². The first-order valence-electron chi connectivity index (χ1n) is 18.1. The van der Waals surface area contributed by atoms with Crippen molar-refractivity contribution in [1.82, 2.24) is 0 Å². The monoisotopic (exact) mass is 693 g/mol. The number of furan rings is 3. The summed E-state index contributed by atoms with van der Waals surface area (Å²) in [5.74, 6) is 0.854. The van der Waals surface area contributed by atoms with Crippen LogP contribution in [0, 0.1) is 0 Å². The van der Waals surface area contributed by atoms with E-state index in [4.69, 9.17) is 13.3 Å². The Bertz CT molecular complexity index is 2950. The summed E-state index contributed by atoms with van der Waals surface area (Å²) in [4.78, 5) is 2.30. The van der Waals surface area contributed by atoms with Crippen LogP contribution in [-0.2, 0) is 0 Å². The molecule has 11 rings (SSSR count). The summed E-state index contributed by atoms with van der Waals surface area (Å²) >= 11 is 0. The molecule has 4 nitrogen and oxygen atoms in total. The van der Waals surface area contributed by atoms with Crippen molar-refractivity contribution in [1.29, 1.82) is 0 Å². The van der Waals surface area contributed by atoms with Gasteiger partial charge < -0.3 is 18.2 Å². The van der Waals surface area contributed by atoms with E-state index in [1.54, 1.807) is 0 Å². The summed E-state index contributed by atoms with van der Waals surface area (Å²) in [7, 11) is 0. The highest BCUT2D eigenvalue weighted by Gasteiger charge is 2.16. The normalized spacial score (nSPS) is 11.7. The van der Waals surface area contributed by atoms with E-state index in [0.29, 0.717) is 0 Å². The van der Waals surface area contributed by atoms with Gasteiger partial charge in [-0.1, -0.05) is 91.0 Å². The van der Waals surface area contributed by atoms with Gasteiger partial charge in [-0.15, -0.1) is 0 Å². The lowest BCUT2D eigenvalue weighted by atomic mass is 10.0. The fourth-order valence-corrected chi connectivity index (χ4v) is 7.76. The quantitative estimate of drug-likeness (QED) is 0.174. The molecule has 254 valence electrons. The van der Waals surface area contributed by atoms with E-state index in [-0.39, 0.29) is 0 Å². The highest BCUT2D eigenvalue weighted by Crippen LogP contribution is 2.40. The molecule has 3 aromatic heterocycles. The van der Waals surface area contributed by atoms with E-state index in [1.165, 1.54) is 0 Å². The first-order chi connectivity index (χ1) is 26.7. The standard InChI is InChI=1S/C50H31NO3/c1-4-10-45-37(7-1)31-50(52-45)34-17-25-40(26-18-34)51(38-21-13-32(14-22-38)35-19-27-48-43(29-35)41-8-2-5-11-46(41)53-48)39-23-15-33(16-24-39)36-20-28-49-44(30-36)42-9-3-6-12-47(42)54-49/h1-31H. The van der Waals surface area contributed by atoms with Crippen LogP contribution in [0.25, 0.3) is 88.4 Å². The SMILES string of the molecule is c1ccc2oc(-c3ccc(N(c4ccc(-c5ccc6oc7ccccc7c6c5)cc4)c4ccc(-c5ccc6oc7ccccc7c6c5)cc4)cc3)cc2c1. The second-order valence-corrected chi connectivity index (χ2v) is 13.7. The number of nitrogens with zero attached hydrogens (tertiary/aromatic N) is 1. The van der Waals surface area contributed by atoms with Gasteiger partial charge in [0.1, 0.15) is 33.7 Å². The van der Waals surface area contributed by atoms with Gasteiger partial charge in [0, 0.05) is 49.6 Å². The van der Waals surface area contributed by atoms with Gasteiger partial charge in [0.2, 0.25) is 0 Å². The van der Waals surface area contributed by atoms with Crippen molar-refractivity contribution in [3.05, 3.63) is 188 Å². The molecule has 3 heterocycles. The van der Waals surface area contributed by atoms with Gasteiger partial charge >= 0.3 is 0 Å². The van der Waals surface area contributed by atoms with E-state index >= 15 is 0 Å². The Morgan fingerprint density at radius 2 is 0.685 bits per heavy atom. The molecular weight excluding hydrogens is 663 g/mol. The van der Waals surface area contributed by atoms with Crippen LogP contribution in [-0.4, -0.2) is 0 Å². The Balaban J connectivity index is 0.970. The Morgan fingerprint density at radius 3 is 1.19 bits per heavy atom. The van der Waals surface area contributed by atoms with Crippen LogP contribution in [0.3, 0.4) is 0 Å². The van der Waals surface area contributed by atoms with Crippen molar-refractivity contribution in [2.75, 3.05) is 4.90 Å². The van der Waals surface area contributed by atoms with Crippen molar-refractivity contribution >= 4 is 71.9 Å². The molecule has 0 N–H and O–H groups in total. The lowest BCUT2D eigenvalue weighted by molar-refractivity contribution is 0.631. The minimum absolute atomic E-state index is 0.854. The molecule has 0 bridgehead atoms. The Morgan fingerprint density at radius 1 is 0.278 bits per heavy atom. The van der Waals surface area contributed by atoms with E-state index < -0.39 is 0 Å². The molecule has 0 saturated carbocycles. The molecule has 0 aliphatic rings. The molecule has 54 heavy (non-hydrogen) atoms. The van der Waals surface area contributed by atoms with Crippen LogP contribution in [0.5, 0.6) is 0 Å². The molecule has 0 fully saturated rings. The number of para-hydroxylation sites is 3. The molecule has 4 heteroatoms. The van der Waals surface area contributed by atoms with Crippen LogP contribution in [0.1, 0.15) is 0 Å². The third-order valence-corrected chi connectivity index (χ3v) is 10.5. The average molecular weight is 694 g/mol. The zero-order valence-electron chi connectivity index (χ0n) is 29.1. The average Bonchev–Trinajstić information content (AvgIpc) is 3.95. The van der Waals surface area contributed by atoms with Gasteiger partial charge in [-0.2, -0.15) is 0 Å². The zero-order valence-corrected chi connectivity index (χ0v) is 29.1. The smallest absolute Gasteiger partial charge is 0.135 e. The van der Waals surface area contributed by atoms with Gasteiger partial charge in [-0.3, -0.25) is 0 Å². The van der Waals surface area contributed by atoms with E-state index in [9.17, 15) is 0 Å². The summed E-state index contributed by atoms with van der Waals surface area (Å²) in [6.45, 7) is 0. The molecule has 0 saturated heterocycles. The number of hydrogen-bond donors (Lipinski definition) is 0. The minimum atomic E-state index is 0.854. The topological polar surface area (TPSA) is 42.7 Å². The summed E-state index contributed by atoms with van der Waals surface area (Å²) in [5, 5.41) is 5.60. The molecular formula is C50H31NO3. The maximum atomic E-state index is 6.20. The summed E-state index contributed by atoms with van der Waals surface area (Å²) in [6, 6.07) is 65.7. The summed E-state index contributed by atoms with van der Waals surface area (Å²) < 4.78 is 18.4. The first kappa shape index (κ1) is 30.3. The maximum absolute atomic E-state index is 6.20. The zero-order chi connectivity index (χ0) is 35.6. The second kappa shape index (κ2) is 12.1. The van der Waals surface area contributed by atoms with Crippen LogP contribution >= 0.6 is 0 Å². The van der Waals surface area contributed by atoms with Crippen LogP contribution in [0.4, 0.5) is 17.1 Å². The predicted molar refractivity (Wildman–Crippen MR) is 222 cm³/mol. The summed E-state index contributed by atoms with van der Waals surface area (Å²) in [6.07, 6.45) is 0. The minimum Gasteiger partial charge on any atom is -0.456 e. The Kier molecular flexibility index (Phi) is 6.82. The molecule has 0 aliphatic carbocycles. The highest BCUT2D eigenvalue weighted by atomic mass is 16.3. The van der Waals surface area contributed by atoms with E-state index in [1.807, 2.05) is 42.5 Å². The van der Waals surface area contributed by atoms with Crippen LogP contribution < -0.4 is 4.90 Å². The van der Waals surface area contributed by atoms with E-state index in [0.717, 1.165) is 105 Å². The third kappa shape index (κ3) is 5.07. The van der Waals surface area contributed by atoms with Gasteiger partial charge in [0.05, 0.1) is 0 Å². The first-order valence-corrected chi connectivity index (χ1v) is 18.1. The fraction of sp³-hybridized carbons (Fsp3) is 0. The lowest BCUT2D eigenvalue weighted by Crippen LogP contribution is -2.09. The van der Waals surface area contributed by atoms with Crippen molar-refractivity contribution < 1.29 is 13.3 Å². The van der Waals surface area contributed by atoms with Crippen molar-refractivity contribution in [3.8, 4) is 33.6 Å². The van der Waals surface area contributed by atoms with Crippen molar-refractivity contribution in [2.24, 2.45) is 0 Å². The molecule has 11 aromatic rings. The number of rotatable bonds is 6. The molecule has 8 aromatic carbocycles. The van der Waals surface area contributed by atoms with Gasteiger partial charge in [0.25, 0.3) is 0 Å². The van der Waals surface area contributed by atoms with Crippen LogP contribution in [0.2, 0.25) is 0 Å². The maximum Gasteiger partial charge on any atom is 0.135 e. The highest BCUT2D eigenvalue weighted by molar-refractivity contribution is 6.07. The molecule has 0 amide bonds. The van der Waals surface area contributed by atoms with Crippen molar-refractivity contribution in [2.45, 2.75) is 0 Å². The fourth-order valence-electron chi connectivity index (χ4n) is 7.76.